The Morgan fingerprint density at radius 1 is 1.30 bits per heavy atom. The monoisotopic (exact) mass is 302 g/mol. The Kier molecular flexibility index (Phi) is 4.67. The summed E-state index contributed by atoms with van der Waals surface area (Å²) >= 11 is 7.35. The number of halogens is 1. The quantitative estimate of drug-likeness (QED) is 0.865. The molecule has 5 heteroatoms. The zero-order valence-corrected chi connectivity index (χ0v) is 12.3. The van der Waals surface area contributed by atoms with Crippen LogP contribution >= 0.6 is 23.4 Å². The van der Waals surface area contributed by atoms with E-state index >= 15 is 0 Å². The predicted molar refractivity (Wildman–Crippen MR) is 82.3 cm³/mol. The molecule has 0 radical (unpaired) electrons. The first-order valence-electron chi connectivity index (χ1n) is 5.79. The van der Waals surface area contributed by atoms with Gasteiger partial charge in [0.15, 0.2) is 0 Å². The third-order valence-electron chi connectivity index (χ3n) is 2.66. The minimum atomic E-state index is -0.256. The average Bonchev–Trinajstić information content (AvgIpc) is 2.47. The first kappa shape index (κ1) is 14.4. The van der Waals surface area contributed by atoms with Crippen molar-refractivity contribution in [3.05, 3.63) is 58.6 Å². The zero-order valence-electron chi connectivity index (χ0n) is 10.7. The van der Waals surface area contributed by atoms with Gasteiger partial charge >= 0.3 is 0 Å². The fourth-order valence-corrected chi connectivity index (χ4v) is 2.42. The lowest BCUT2D eigenvalue weighted by Gasteiger charge is -2.07. The Morgan fingerprint density at radius 3 is 2.75 bits per heavy atom. The van der Waals surface area contributed by atoms with Gasteiger partial charge in [0.05, 0.1) is 5.56 Å². The predicted octanol–water partition coefficient (Wildman–Crippen LogP) is 4.19. The second-order valence-corrected chi connectivity index (χ2v) is 5.28. The summed E-state index contributed by atoms with van der Waals surface area (Å²) in [5, 5.41) is 12.3. The number of hydrogen-bond acceptors (Lipinski definition) is 3. The van der Waals surface area contributed by atoms with Crippen LogP contribution in [0.5, 0.6) is 0 Å². The van der Waals surface area contributed by atoms with Gasteiger partial charge in [0.25, 0.3) is 5.91 Å². The summed E-state index contributed by atoms with van der Waals surface area (Å²) < 4.78 is 0. The summed E-state index contributed by atoms with van der Waals surface area (Å²) in [6.07, 6.45) is 1.90. The second kappa shape index (κ2) is 6.47. The summed E-state index contributed by atoms with van der Waals surface area (Å²) in [5.41, 5.74) is 1.61. The van der Waals surface area contributed by atoms with E-state index in [9.17, 15) is 4.79 Å². The van der Waals surface area contributed by atoms with Crippen LogP contribution in [0.1, 0.15) is 15.9 Å². The topological polar surface area (TPSA) is 52.9 Å². The normalized spacial score (nSPS) is 9.85. The average molecular weight is 303 g/mol. The summed E-state index contributed by atoms with van der Waals surface area (Å²) in [5.74, 6) is -0.256. The molecule has 100 valence electrons. The van der Waals surface area contributed by atoms with E-state index in [4.69, 9.17) is 16.9 Å². The van der Waals surface area contributed by atoms with Gasteiger partial charge in [0, 0.05) is 21.2 Å². The molecule has 0 aliphatic rings. The van der Waals surface area contributed by atoms with Gasteiger partial charge in [0.2, 0.25) is 0 Å². The standard InChI is InChI=1S/C15H11ClN2OS/c1-20-14-6-5-13(8-11(14)9-17)18-15(19)10-3-2-4-12(16)7-10/h2-8H,1H3,(H,18,19). The lowest BCUT2D eigenvalue weighted by molar-refractivity contribution is 0.102. The molecule has 0 aromatic heterocycles. The number of nitrogens with zero attached hydrogens (tertiary/aromatic N) is 1. The first-order valence-corrected chi connectivity index (χ1v) is 7.39. The van der Waals surface area contributed by atoms with Crippen LogP contribution in [0.3, 0.4) is 0 Å². The number of amides is 1. The Hall–Kier alpha value is -1.96. The molecular weight excluding hydrogens is 292 g/mol. The summed E-state index contributed by atoms with van der Waals surface area (Å²) in [4.78, 5) is 12.9. The zero-order chi connectivity index (χ0) is 14.5. The number of carbonyl (C=O) groups excluding carboxylic acids is 1. The highest BCUT2D eigenvalue weighted by molar-refractivity contribution is 7.98. The molecule has 2 aromatic rings. The Morgan fingerprint density at radius 2 is 2.10 bits per heavy atom. The molecule has 0 saturated carbocycles. The number of rotatable bonds is 3. The van der Waals surface area contributed by atoms with Crippen LogP contribution in [0.15, 0.2) is 47.4 Å². The van der Waals surface area contributed by atoms with Gasteiger partial charge in [-0.05, 0) is 42.7 Å². The van der Waals surface area contributed by atoms with Crippen LogP contribution < -0.4 is 5.32 Å². The first-order chi connectivity index (χ1) is 9.63. The number of carbonyl (C=O) groups is 1. The molecular formula is C15H11ClN2OS. The van der Waals surface area contributed by atoms with Gasteiger partial charge < -0.3 is 5.32 Å². The SMILES string of the molecule is CSc1ccc(NC(=O)c2cccc(Cl)c2)cc1C#N. The van der Waals surface area contributed by atoms with Gasteiger partial charge in [-0.3, -0.25) is 4.79 Å². The van der Waals surface area contributed by atoms with E-state index in [2.05, 4.69) is 11.4 Å². The fourth-order valence-electron chi connectivity index (χ4n) is 1.71. The number of anilines is 1. The minimum Gasteiger partial charge on any atom is -0.322 e. The molecule has 0 spiro atoms. The molecule has 0 fully saturated rings. The summed E-state index contributed by atoms with van der Waals surface area (Å²) in [6.45, 7) is 0. The van der Waals surface area contributed by atoms with Gasteiger partial charge in [-0.15, -0.1) is 11.8 Å². The molecule has 1 amide bonds. The molecule has 1 N–H and O–H groups in total. The van der Waals surface area contributed by atoms with Crippen molar-refractivity contribution in [2.45, 2.75) is 4.90 Å². The lowest BCUT2D eigenvalue weighted by Crippen LogP contribution is -2.11. The van der Waals surface area contributed by atoms with Crippen molar-refractivity contribution < 1.29 is 4.79 Å². The van der Waals surface area contributed by atoms with Crippen molar-refractivity contribution in [1.29, 1.82) is 5.26 Å². The van der Waals surface area contributed by atoms with Crippen LogP contribution in [-0.4, -0.2) is 12.2 Å². The Bertz CT molecular complexity index is 695. The molecule has 20 heavy (non-hydrogen) atoms. The molecule has 0 atom stereocenters. The number of nitriles is 1. The molecule has 0 aliphatic carbocycles. The van der Waals surface area contributed by atoms with Crippen molar-refractivity contribution in [3.8, 4) is 6.07 Å². The highest BCUT2D eigenvalue weighted by Gasteiger charge is 2.08. The minimum absolute atomic E-state index is 0.256. The maximum absolute atomic E-state index is 12.1. The van der Waals surface area contributed by atoms with Crippen molar-refractivity contribution in [2.75, 3.05) is 11.6 Å². The third-order valence-corrected chi connectivity index (χ3v) is 3.70. The molecule has 0 bridgehead atoms. The van der Waals surface area contributed by atoms with Crippen molar-refractivity contribution in [3.63, 3.8) is 0 Å². The highest BCUT2D eigenvalue weighted by Crippen LogP contribution is 2.23. The second-order valence-electron chi connectivity index (χ2n) is 3.99. The summed E-state index contributed by atoms with van der Waals surface area (Å²) in [6, 6.07) is 14.1. The van der Waals surface area contributed by atoms with Gasteiger partial charge in [-0.1, -0.05) is 17.7 Å². The van der Waals surface area contributed by atoms with Gasteiger partial charge in [-0.2, -0.15) is 5.26 Å². The van der Waals surface area contributed by atoms with E-state index in [0.717, 1.165) is 4.90 Å². The Balaban J connectivity index is 2.22. The smallest absolute Gasteiger partial charge is 0.255 e. The van der Waals surface area contributed by atoms with E-state index < -0.39 is 0 Å². The fraction of sp³-hybridized carbons (Fsp3) is 0.0667. The van der Waals surface area contributed by atoms with Gasteiger partial charge in [0.1, 0.15) is 6.07 Å². The maximum atomic E-state index is 12.1. The van der Waals surface area contributed by atoms with Crippen molar-refractivity contribution in [2.24, 2.45) is 0 Å². The number of nitrogens with one attached hydrogen (secondary N) is 1. The summed E-state index contributed by atoms with van der Waals surface area (Å²) in [7, 11) is 0. The number of benzene rings is 2. The van der Waals surface area contributed by atoms with Crippen LogP contribution in [0, 0.1) is 11.3 Å². The number of hydrogen-bond donors (Lipinski definition) is 1. The van der Waals surface area contributed by atoms with E-state index in [1.54, 1.807) is 36.4 Å². The van der Waals surface area contributed by atoms with Crippen LogP contribution in [0.25, 0.3) is 0 Å². The van der Waals surface area contributed by atoms with Crippen molar-refractivity contribution in [1.82, 2.24) is 0 Å². The van der Waals surface area contributed by atoms with E-state index in [-0.39, 0.29) is 5.91 Å². The van der Waals surface area contributed by atoms with Gasteiger partial charge in [-0.25, -0.2) is 0 Å². The van der Waals surface area contributed by atoms with E-state index in [1.165, 1.54) is 11.8 Å². The van der Waals surface area contributed by atoms with E-state index in [1.807, 2.05) is 12.3 Å². The molecule has 0 unspecified atom stereocenters. The lowest BCUT2D eigenvalue weighted by atomic mass is 10.2. The molecule has 3 nitrogen and oxygen atoms in total. The highest BCUT2D eigenvalue weighted by atomic mass is 35.5. The molecule has 0 saturated heterocycles. The Labute approximate surface area is 126 Å². The maximum Gasteiger partial charge on any atom is 0.255 e. The van der Waals surface area contributed by atoms with E-state index in [0.29, 0.717) is 21.8 Å². The number of thioether (sulfide) groups is 1. The molecule has 2 rings (SSSR count). The molecule has 2 aromatic carbocycles. The van der Waals surface area contributed by atoms with Crippen LogP contribution in [0.2, 0.25) is 5.02 Å². The largest absolute Gasteiger partial charge is 0.322 e. The molecule has 0 aliphatic heterocycles. The molecule has 0 heterocycles. The van der Waals surface area contributed by atoms with Crippen LogP contribution in [0.4, 0.5) is 5.69 Å². The van der Waals surface area contributed by atoms with Crippen molar-refractivity contribution >= 4 is 35.0 Å². The third kappa shape index (κ3) is 3.32. The van der Waals surface area contributed by atoms with Crippen LogP contribution in [-0.2, 0) is 0 Å².